The van der Waals surface area contributed by atoms with E-state index in [0.717, 1.165) is 11.1 Å². The maximum Gasteiger partial charge on any atom is 0.317 e. The molecule has 0 spiro atoms. The van der Waals surface area contributed by atoms with E-state index >= 15 is 0 Å². The molecule has 2 rings (SSSR count). The summed E-state index contributed by atoms with van der Waals surface area (Å²) in [6.07, 6.45) is 0. The van der Waals surface area contributed by atoms with Gasteiger partial charge in [-0.25, -0.2) is 0 Å². The van der Waals surface area contributed by atoms with E-state index in [-0.39, 0.29) is 5.92 Å². The van der Waals surface area contributed by atoms with Crippen molar-refractivity contribution in [2.45, 2.75) is 11.2 Å². The zero-order valence-corrected chi connectivity index (χ0v) is 10.6. The second-order valence-electron chi connectivity index (χ2n) is 4.08. The third-order valence-electron chi connectivity index (χ3n) is 2.89. The minimum Gasteiger partial charge on any atom is -0.480 e. The summed E-state index contributed by atoms with van der Waals surface area (Å²) in [4.78, 5) is 11.2. The van der Waals surface area contributed by atoms with E-state index < -0.39 is 11.2 Å². The summed E-state index contributed by atoms with van der Waals surface area (Å²) in [5.41, 5.74) is 1.93. The molecule has 2 aromatic carbocycles. The number of hydrogen-bond donors (Lipinski definition) is 2. The zero-order valence-electron chi connectivity index (χ0n) is 9.73. The molecule has 0 aliphatic heterocycles. The Hall–Kier alpha value is -1.74. The van der Waals surface area contributed by atoms with E-state index in [1.165, 1.54) is 0 Å². The van der Waals surface area contributed by atoms with Gasteiger partial charge in [0.2, 0.25) is 0 Å². The predicted octanol–water partition coefficient (Wildman–Crippen LogP) is 3.20. The molecular formula is C15H14O2S. The van der Waals surface area contributed by atoms with Crippen LogP contribution in [-0.4, -0.2) is 16.3 Å². The zero-order chi connectivity index (χ0) is 13.0. The number of carboxylic acids is 1. The average molecular weight is 258 g/mol. The van der Waals surface area contributed by atoms with E-state index in [1.807, 2.05) is 60.7 Å². The van der Waals surface area contributed by atoms with E-state index in [1.54, 1.807) is 0 Å². The van der Waals surface area contributed by atoms with Crippen LogP contribution in [0.1, 0.15) is 17.0 Å². The normalized spacial score (nSPS) is 12.3. The van der Waals surface area contributed by atoms with Gasteiger partial charge in [0.25, 0.3) is 0 Å². The van der Waals surface area contributed by atoms with Gasteiger partial charge in [-0.15, -0.1) is 0 Å². The molecule has 0 saturated carbocycles. The van der Waals surface area contributed by atoms with Crippen molar-refractivity contribution in [1.82, 2.24) is 0 Å². The van der Waals surface area contributed by atoms with Gasteiger partial charge in [0.1, 0.15) is 5.25 Å². The quantitative estimate of drug-likeness (QED) is 0.826. The van der Waals surface area contributed by atoms with Crippen molar-refractivity contribution in [3.63, 3.8) is 0 Å². The Morgan fingerprint density at radius 3 is 1.61 bits per heavy atom. The number of benzene rings is 2. The summed E-state index contributed by atoms with van der Waals surface area (Å²) in [5, 5.41) is 8.44. The van der Waals surface area contributed by atoms with Crippen molar-refractivity contribution in [3.05, 3.63) is 71.8 Å². The number of hydrogen-bond acceptors (Lipinski definition) is 2. The highest BCUT2D eigenvalue weighted by molar-refractivity contribution is 7.81. The average Bonchev–Trinajstić information content (AvgIpc) is 2.41. The fraction of sp³-hybridized carbons (Fsp3) is 0.133. The summed E-state index contributed by atoms with van der Waals surface area (Å²) >= 11 is 4.24. The Labute approximate surface area is 112 Å². The molecule has 1 N–H and O–H groups in total. The van der Waals surface area contributed by atoms with Gasteiger partial charge in [-0.2, -0.15) is 12.6 Å². The molecule has 3 heteroatoms. The molecule has 0 aliphatic rings. The molecule has 0 bridgehead atoms. The van der Waals surface area contributed by atoms with Crippen LogP contribution >= 0.6 is 12.6 Å². The number of carbonyl (C=O) groups is 1. The molecule has 0 saturated heterocycles. The smallest absolute Gasteiger partial charge is 0.317 e. The molecule has 92 valence electrons. The largest absolute Gasteiger partial charge is 0.480 e. The summed E-state index contributed by atoms with van der Waals surface area (Å²) in [6, 6.07) is 19.2. The van der Waals surface area contributed by atoms with Crippen molar-refractivity contribution in [2.24, 2.45) is 0 Å². The third-order valence-corrected chi connectivity index (χ3v) is 3.41. The fourth-order valence-corrected chi connectivity index (χ4v) is 2.36. The lowest BCUT2D eigenvalue weighted by atomic mass is 9.88. The second kappa shape index (κ2) is 5.74. The van der Waals surface area contributed by atoms with Crippen molar-refractivity contribution < 1.29 is 9.90 Å². The maximum atomic E-state index is 11.2. The Bertz CT molecular complexity index is 471. The first-order valence-corrected chi connectivity index (χ1v) is 6.22. The molecule has 1 atom stereocenters. The van der Waals surface area contributed by atoms with Crippen LogP contribution in [0.3, 0.4) is 0 Å². The van der Waals surface area contributed by atoms with Gasteiger partial charge in [0, 0.05) is 5.92 Å². The number of carboxylic acid groups (broad SMARTS) is 1. The minimum atomic E-state index is -0.906. The van der Waals surface area contributed by atoms with Crippen LogP contribution in [0.25, 0.3) is 0 Å². The van der Waals surface area contributed by atoms with Crippen LogP contribution in [0.4, 0.5) is 0 Å². The van der Waals surface area contributed by atoms with Crippen LogP contribution in [0.15, 0.2) is 60.7 Å². The number of aliphatic carboxylic acids is 1. The highest BCUT2D eigenvalue weighted by Crippen LogP contribution is 2.30. The lowest BCUT2D eigenvalue weighted by molar-refractivity contribution is -0.136. The van der Waals surface area contributed by atoms with E-state index in [0.29, 0.717) is 0 Å². The highest BCUT2D eigenvalue weighted by atomic mass is 32.1. The first-order chi connectivity index (χ1) is 8.70. The van der Waals surface area contributed by atoms with Gasteiger partial charge in [0.15, 0.2) is 0 Å². The predicted molar refractivity (Wildman–Crippen MR) is 75.1 cm³/mol. The molecular weight excluding hydrogens is 244 g/mol. The van der Waals surface area contributed by atoms with Crippen LogP contribution in [0, 0.1) is 0 Å². The molecule has 0 fully saturated rings. The first kappa shape index (κ1) is 12.7. The molecule has 0 aromatic heterocycles. The SMILES string of the molecule is O=C(O)C(S)C(c1ccccc1)c1ccccc1. The van der Waals surface area contributed by atoms with Gasteiger partial charge >= 0.3 is 5.97 Å². The molecule has 0 radical (unpaired) electrons. The van der Waals surface area contributed by atoms with Gasteiger partial charge in [-0.3, -0.25) is 4.79 Å². The van der Waals surface area contributed by atoms with Crippen LogP contribution in [0.5, 0.6) is 0 Å². The van der Waals surface area contributed by atoms with Gasteiger partial charge in [-0.1, -0.05) is 60.7 Å². The van der Waals surface area contributed by atoms with Crippen molar-refractivity contribution >= 4 is 18.6 Å². The standard InChI is InChI=1S/C15H14O2S/c16-15(17)14(18)13(11-7-3-1-4-8-11)12-9-5-2-6-10-12/h1-10,13-14,18H,(H,16,17). The van der Waals surface area contributed by atoms with E-state index in [4.69, 9.17) is 0 Å². The molecule has 1 unspecified atom stereocenters. The van der Waals surface area contributed by atoms with Crippen molar-refractivity contribution in [3.8, 4) is 0 Å². The first-order valence-electron chi connectivity index (χ1n) is 5.71. The Kier molecular flexibility index (Phi) is 4.05. The molecule has 2 aromatic rings. The molecule has 0 aliphatic carbocycles. The van der Waals surface area contributed by atoms with Crippen LogP contribution < -0.4 is 0 Å². The summed E-state index contributed by atoms with van der Waals surface area (Å²) < 4.78 is 0. The van der Waals surface area contributed by atoms with E-state index in [2.05, 4.69) is 12.6 Å². The van der Waals surface area contributed by atoms with Gasteiger partial charge < -0.3 is 5.11 Å². The Morgan fingerprint density at radius 2 is 1.28 bits per heavy atom. The molecule has 18 heavy (non-hydrogen) atoms. The summed E-state index contributed by atoms with van der Waals surface area (Å²) in [7, 11) is 0. The Balaban J connectivity index is 2.45. The van der Waals surface area contributed by atoms with Gasteiger partial charge in [0.05, 0.1) is 0 Å². The van der Waals surface area contributed by atoms with Crippen LogP contribution in [-0.2, 0) is 4.79 Å². The third kappa shape index (κ3) is 2.74. The topological polar surface area (TPSA) is 37.3 Å². The molecule has 2 nitrogen and oxygen atoms in total. The number of thiol groups is 1. The lowest BCUT2D eigenvalue weighted by Gasteiger charge is -2.21. The fourth-order valence-electron chi connectivity index (χ4n) is 2.02. The van der Waals surface area contributed by atoms with Crippen molar-refractivity contribution in [2.75, 3.05) is 0 Å². The highest BCUT2D eigenvalue weighted by Gasteiger charge is 2.27. The van der Waals surface area contributed by atoms with Crippen molar-refractivity contribution in [1.29, 1.82) is 0 Å². The van der Waals surface area contributed by atoms with E-state index in [9.17, 15) is 9.90 Å². The maximum absolute atomic E-state index is 11.2. The lowest BCUT2D eigenvalue weighted by Crippen LogP contribution is -2.23. The molecule has 0 amide bonds. The number of rotatable bonds is 4. The Morgan fingerprint density at radius 1 is 0.889 bits per heavy atom. The molecule has 0 heterocycles. The van der Waals surface area contributed by atoms with Gasteiger partial charge in [-0.05, 0) is 11.1 Å². The minimum absolute atomic E-state index is 0.242. The second-order valence-corrected chi connectivity index (χ2v) is 4.64. The summed E-state index contributed by atoms with van der Waals surface area (Å²) in [6.45, 7) is 0. The monoisotopic (exact) mass is 258 g/mol. The summed E-state index contributed by atoms with van der Waals surface area (Å²) in [5.74, 6) is -1.15. The van der Waals surface area contributed by atoms with Crippen LogP contribution in [0.2, 0.25) is 0 Å².